The normalized spacial score (nSPS) is 12.3. The van der Waals surface area contributed by atoms with E-state index in [1.54, 1.807) is 6.20 Å². The van der Waals surface area contributed by atoms with Gasteiger partial charge in [0.15, 0.2) is 0 Å². The lowest BCUT2D eigenvalue weighted by Gasteiger charge is -2.13. The number of nitrogens with zero attached hydrogens (tertiary/aromatic N) is 1. The molecule has 1 heterocycles. The van der Waals surface area contributed by atoms with Crippen molar-refractivity contribution in [3.63, 3.8) is 0 Å². The number of aliphatic hydroxyl groups is 1. The number of hydrogen-bond donors (Lipinski definition) is 2. The molecule has 2 rings (SSSR count). The summed E-state index contributed by atoms with van der Waals surface area (Å²) in [6.45, 7) is 3.31. The zero-order valence-electron chi connectivity index (χ0n) is 11.5. The molecule has 20 heavy (non-hydrogen) atoms. The third-order valence-electron chi connectivity index (χ3n) is 3.23. The standard InChI is InChI=1S/C16H19BrN2O/c1-2-12-6-4-8-19-15(12)10-18-11-16(20)13-5-3-7-14(17)9-13/h3-9,16,18,20H,2,10-11H2,1H3. The van der Waals surface area contributed by atoms with Gasteiger partial charge in [-0.2, -0.15) is 0 Å². The highest BCUT2D eigenvalue weighted by Crippen LogP contribution is 2.17. The number of aryl methyl sites for hydroxylation is 1. The van der Waals surface area contributed by atoms with E-state index in [0.29, 0.717) is 13.1 Å². The van der Waals surface area contributed by atoms with E-state index in [1.807, 2.05) is 30.3 Å². The quantitative estimate of drug-likeness (QED) is 0.852. The van der Waals surface area contributed by atoms with Crippen LogP contribution in [0.2, 0.25) is 0 Å². The van der Waals surface area contributed by atoms with Crippen LogP contribution in [-0.4, -0.2) is 16.6 Å². The Balaban J connectivity index is 1.89. The Labute approximate surface area is 128 Å². The molecule has 1 unspecified atom stereocenters. The highest BCUT2D eigenvalue weighted by atomic mass is 79.9. The Kier molecular flexibility index (Phi) is 5.71. The lowest BCUT2D eigenvalue weighted by molar-refractivity contribution is 0.174. The summed E-state index contributed by atoms with van der Waals surface area (Å²) in [6.07, 6.45) is 2.27. The Morgan fingerprint density at radius 1 is 1.30 bits per heavy atom. The number of aromatic nitrogens is 1. The van der Waals surface area contributed by atoms with Gasteiger partial charge in [0.05, 0.1) is 11.8 Å². The van der Waals surface area contributed by atoms with Crippen LogP contribution in [0.5, 0.6) is 0 Å². The second-order valence-corrected chi connectivity index (χ2v) is 5.58. The molecule has 2 N–H and O–H groups in total. The van der Waals surface area contributed by atoms with E-state index in [-0.39, 0.29) is 0 Å². The first-order valence-corrected chi connectivity index (χ1v) is 7.57. The average Bonchev–Trinajstić information content (AvgIpc) is 2.47. The molecule has 0 aliphatic rings. The van der Waals surface area contributed by atoms with Crippen molar-refractivity contribution < 1.29 is 5.11 Å². The number of rotatable bonds is 6. The summed E-state index contributed by atoms with van der Waals surface area (Å²) in [7, 11) is 0. The van der Waals surface area contributed by atoms with Crippen molar-refractivity contribution in [2.24, 2.45) is 0 Å². The van der Waals surface area contributed by atoms with Crippen molar-refractivity contribution in [3.05, 3.63) is 63.9 Å². The molecule has 0 aliphatic heterocycles. The number of halogens is 1. The first-order chi connectivity index (χ1) is 9.70. The van der Waals surface area contributed by atoms with Gasteiger partial charge in [-0.1, -0.05) is 41.1 Å². The van der Waals surface area contributed by atoms with Gasteiger partial charge in [0.2, 0.25) is 0 Å². The lowest BCUT2D eigenvalue weighted by Crippen LogP contribution is -2.22. The maximum Gasteiger partial charge on any atom is 0.0914 e. The van der Waals surface area contributed by atoms with Gasteiger partial charge < -0.3 is 10.4 Å². The zero-order chi connectivity index (χ0) is 14.4. The lowest BCUT2D eigenvalue weighted by atomic mass is 10.1. The summed E-state index contributed by atoms with van der Waals surface area (Å²) in [5, 5.41) is 13.4. The van der Waals surface area contributed by atoms with E-state index in [9.17, 15) is 5.11 Å². The van der Waals surface area contributed by atoms with Crippen LogP contribution in [0, 0.1) is 0 Å². The van der Waals surface area contributed by atoms with Gasteiger partial charge in [-0.05, 0) is 35.7 Å². The molecule has 0 amide bonds. The fourth-order valence-corrected chi connectivity index (χ4v) is 2.53. The van der Waals surface area contributed by atoms with Crippen molar-refractivity contribution in [2.45, 2.75) is 26.0 Å². The minimum atomic E-state index is -0.513. The highest BCUT2D eigenvalue weighted by Gasteiger charge is 2.08. The van der Waals surface area contributed by atoms with E-state index in [1.165, 1.54) is 5.56 Å². The molecule has 106 valence electrons. The Morgan fingerprint density at radius 2 is 2.15 bits per heavy atom. The van der Waals surface area contributed by atoms with Gasteiger partial charge in [-0.25, -0.2) is 0 Å². The first-order valence-electron chi connectivity index (χ1n) is 6.77. The van der Waals surface area contributed by atoms with Crippen molar-refractivity contribution in [2.75, 3.05) is 6.54 Å². The summed E-state index contributed by atoms with van der Waals surface area (Å²) in [6, 6.07) is 11.8. The van der Waals surface area contributed by atoms with Gasteiger partial charge in [0.25, 0.3) is 0 Å². The van der Waals surface area contributed by atoms with Crippen molar-refractivity contribution in [3.8, 4) is 0 Å². The van der Waals surface area contributed by atoms with E-state index in [2.05, 4.69) is 39.2 Å². The highest BCUT2D eigenvalue weighted by molar-refractivity contribution is 9.10. The van der Waals surface area contributed by atoms with E-state index in [4.69, 9.17) is 0 Å². The molecule has 0 aliphatic carbocycles. The molecule has 0 radical (unpaired) electrons. The molecular weight excluding hydrogens is 316 g/mol. The molecule has 0 bridgehead atoms. The van der Waals surface area contributed by atoms with Crippen LogP contribution in [0.25, 0.3) is 0 Å². The summed E-state index contributed by atoms with van der Waals surface area (Å²) in [4.78, 5) is 4.38. The molecule has 1 aromatic heterocycles. The molecule has 2 aromatic rings. The molecule has 0 fully saturated rings. The molecule has 1 aromatic carbocycles. The van der Waals surface area contributed by atoms with Gasteiger partial charge in [-0.15, -0.1) is 0 Å². The first kappa shape index (κ1) is 15.2. The minimum Gasteiger partial charge on any atom is -0.387 e. The summed E-state index contributed by atoms with van der Waals surface area (Å²) < 4.78 is 0.979. The van der Waals surface area contributed by atoms with Crippen LogP contribution < -0.4 is 5.32 Å². The summed E-state index contributed by atoms with van der Waals surface area (Å²) in [5.74, 6) is 0. The van der Waals surface area contributed by atoms with E-state index < -0.39 is 6.10 Å². The molecule has 1 atom stereocenters. The molecular formula is C16H19BrN2O. The topological polar surface area (TPSA) is 45.2 Å². The fourth-order valence-electron chi connectivity index (χ4n) is 2.11. The average molecular weight is 335 g/mol. The number of pyridine rings is 1. The molecule has 0 saturated carbocycles. The predicted molar refractivity (Wildman–Crippen MR) is 84.4 cm³/mol. The summed E-state index contributed by atoms with van der Waals surface area (Å²) >= 11 is 3.41. The van der Waals surface area contributed by atoms with Gasteiger partial charge in [0, 0.05) is 23.8 Å². The fraction of sp³-hybridized carbons (Fsp3) is 0.312. The number of hydrogen-bond acceptors (Lipinski definition) is 3. The van der Waals surface area contributed by atoms with Gasteiger partial charge in [-0.3, -0.25) is 4.98 Å². The van der Waals surface area contributed by atoms with Crippen LogP contribution in [-0.2, 0) is 13.0 Å². The van der Waals surface area contributed by atoms with E-state index in [0.717, 1.165) is 22.2 Å². The Bertz CT molecular complexity index is 560. The Hall–Kier alpha value is -1.23. The van der Waals surface area contributed by atoms with Crippen LogP contribution in [0.1, 0.15) is 29.8 Å². The third-order valence-corrected chi connectivity index (χ3v) is 3.72. The zero-order valence-corrected chi connectivity index (χ0v) is 13.1. The Morgan fingerprint density at radius 3 is 2.90 bits per heavy atom. The number of benzene rings is 1. The second-order valence-electron chi connectivity index (χ2n) is 4.66. The largest absolute Gasteiger partial charge is 0.387 e. The molecule has 0 saturated heterocycles. The molecule has 4 heteroatoms. The predicted octanol–water partition coefficient (Wildman–Crippen LogP) is 3.23. The van der Waals surface area contributed by atoms with Crippen molar-refractivity contribution >= 4 is 15.9 Å². The van der Waals surface area contributed by atoms with E-state index >= 15 is 0 Å². The number of nitrogens with one attached hydrogen (secondary N) is 1. The van der Waals surface area contributed by atoms with Crippen molar-refractivity contribution in [1.82, 2.24) is 10.3 Å². The molecule has 3 nitrogen and oxygen atoms in total. The van der Waals surface area contributed by atoms with Gasteiger partial charge >= 0.3 is 0 Å². The summed E-state index contributed by atoms with van der Waals surface area (Å²) in [5.41, 5.74) is 3.21. The second kappa shape index (κ2) is 7.53. The van der Waals surface area contributed by atoms with Crippen LogP contribution >= 0.6 is 15.9 Å². The maximum atomic E-state index is 10.1. The van der Waals surface area contributed by atoms with Gasteiger partial charge in [0.1, 0.15) is 0 Å². The number of aliphatic hydroxyl groups excluding tert-OH is 1. The van der Waals surface area contributed by atoms with Crippen LogP contribution in [0.15, 0.2) is 47.1 Å². The third kappa shape index (κ3) is 4.13. The SMILES string of the molecule is CCc1cccnc1CNCC(O)c1cccc(Br)c1. The smallest absolute Gasteiger partial charge is 0.0914 e. The monoisotopic (exact) mass is 334 g/mol. The minimum absolute atomic E-state index is 0.510. The van der Waals surface area contributed by atoms with Crippen LogP contribution in [0.4, 0.5) is 0 Å². The van der Waals surface area contributed by atoms with Crippen molar-refractivity contribution in [1.29, 1.82) is 0 Å². The maximum absolute atomic E-state index is 10.1. The molecule has 0 spiro atoms. The van der Waals surface area contributed by atoms with Crippen LogP contribution in [0.3, 0.4) is 0 Å².